The van der Waals surface area contributed by atoms with Gasteiger partial charge in [0.25, 0.3) is 0 Å². The van der Waals surface area contributed by atoms with Crippen LogP contribution in [0.25, 0.3) is 0 Å². The van der Waals surface area contributed by atoms with Gasteiger partial charge in [0.2, 0.25) is 5.91 Å². The van der Waals surface area contributed by atoms with Crippen molar-refractivity contribution in [2.45, 2.75) is 57.8 Å². The molecule has 0 aliphatic heterocycles. The van der Waals surface area contributed by atoms with Gasteiger partial charge in [0.1, 0.15) is 0 Å². The van der Waals surface area contributed by atoms with Gasteiger partial charge >= 0.3 is 0 Å². The Morgan fingerprint density at radius 3 is 2.11 bits per heavy atom. The number of hydrogen-bond donors (Lipinski definition) is 2. The molecule has 146 valence electrons. The summed E-state index contributed by atoms with van der Waals surface area (Å²) in [5, 5.41) is 0. The maximum absolute atomic E-state index is 13.0. The highest BCUT2D eigenvalue weighted by molar-refractivity contribution is 5.85. The fourth-order valence-electron chi connectivity index (χ4n) is 4.44. The van der Waals surface area contributed by atoms with E-state index >= 15 is 0 Å². The van der Waals surface area contributed by atoms with Crippen LogP contribution in [0.5, 0.6) is 0 Å². The normalized spacial score (nSPS) is 20.6. The lowest BCUT2D eigenvalue weighted by molar-refractivity contribution is -0.123. The number of carbonyl (C=O) groups excluding carboxylic acids is 1. The fourth-order valence-corrected chi connectivity index (χ4v) is 4.44. The second-order valence-electron chi connectivity index (χ2n) is 8.40. The molecular formula is C25H30N2O. The van der Waals surface area contributed by atoms with Crippen molar-refractivity contribution in [2.75, 3.05) is 0 Å². The summed E-state index contributed by atoms with van der Waals surface area (Å²) in [4.78, 5) is 13.0. The van der Waals surface area contributed by atoms with Crippen LogP contribution >= 0.6 is 0 Å². The lowest BCUT2D eigenvalue weighted by atomic mass is 9.85. The second-order valence-corrected chi connectivity index (χ2v) is 8.40. The molecule has 1 saturated carbocycles. The first-order chi connectivity index (χ1) is 13.6. The topological polar surface area (TPSA) is 41.1 Å². The molecule has 0 saturated heterocycles. The van der Waals surface area contributed by atoms with Crippen LogP contribution in [0, 0.1) is 19.8 Å². The summed E-state index contributed by atoms with van der Waals surface area (Å²) in [6.07, 6.45) is 8.89. The molecule has 2 aromatic rings. The number of nitrogens with one attached hydrogen (secondary N) is 2. The summed E-state index contributed by atoms with van der Waals surface area (Å²) in [6.45, 7) is 4.20. The second kappa shape index (κ2) is 7.83. The maximum atomic E-state index is 13.0. The predicted molar refractivity (Wildman–Crippen MR) is 114 cm³/mol. The highest BCUT2D eigenvalue weighted by atomic mass is 16.2. The molecule has 2 aliphatic carbocycles. The first-order valence-electron chi connectivity index (χ1n) is 10.5. The van der Waals surface area contributed by atoms with Gasteiger partial charge in [0.05, 0.1) is 5.92 Å². The number of benzene rings is 2. The number of amides is 1. The predicted octanol–water partition coefficient (Wildman–Crippen LogP) is 5.08. The lowest BCUT2D eigenvalue weighted by Gasteiger charge is -2.20. The SMILES string of the molecule is Cc1ccc(C2(c3ccc(C)cc3)CC2C(=O)NNC2=CCCCCC2)cc1. The van der Waals surface area contributed by atoms with Gasteiger partial charge in [-0.05, 0) is 57.1 Å². The molecule has 28 heavy (non-hydrogen) atoms. The van der Waals surface area contributed by atoms with Gasteiger partial charge in [-0.25, -0.2) is 0 Å². The van der Waals surface area contributed by atoms with Gasteiger partial charge in [0.15, 0.2) is 0 Å². The van der Waals surface area contributed by atoms with Crippen molar-refractivity contribution in [2.24, 2.45) is 5.92 Å². The zero-order chi connectivity index (χ0) is 19.6. The van der Waals surface area contributed by atoms with E-state index in [0.717, 1.165) is 25.0 Å². The fraction of sp³-hybridized carbons (Fsp3) is 0.400. The van der Waals surface area contributed by atoms with E-state index in [1.807, 2.05) is 0 Å². The molecule has 1 fully saturated rings. The molecule has 2 aromatic carbocycles. The monoisotopic (exact) mass is 374 g/mol. The summed E-state index contributed by atoms with van der Waals surface area (Å²) in [7, 11) is 0. The van der Waals surface area contributed by atoms with Crippen molar-refractivity contribution in [3.05, 3.63) is 82.6 Å². The number of hydrazine groups is 1. The molecule has 1 atom stereocenters. The number of rotatable bonds is 5. The Morgan fingerprint density at radius 1 is 0.893 bits per heavy atom. The van der Waals surface area contributed by atoms with Crippen LogP contribution in [-0.2, 0) is 10.2 Å². The Balaban J connectivity index is 1.54. The van der Waals surface area contributed by atoms with Gasteiger partial charge in [-0.3, -0.25) is 10.2 Å². The van der Waals surface area contributed by atoms with Crippen molar-refractivity contribution in [3.8, 4) is 0 Å². The van der Waals surface area contributed by atoms with E-state index < -0.39 is 0 Å². The Labute approximate surface area is 168 Å². The van der Waals surface area contributed by atoms with Crippen LogP contribution in [0.15, 0.2) is 60.3 Å². The van der Waals surface area contributed by atoms with Crippen LogP contribution in [0.1, 0.15) is 60.8 Å². The highest BCUT2D eigenvalue weighted by Crippen LogP contribution is 2.59. The number of hydrogen-bond acceptors (Lipinski definition) is 2. The van der Waals surface area contributed by atoms with Gasteiger partial charge < -0.3 is 5.43 Å². The third kappa shape index (κ3) is 3.71. The molecule has 0 bridgehead atoms. The molecule has 3 nitrogen and oxygen atoms in total. The van der Waals surface area contributed by atoms with E-state index in [4.69, 9.17) is 0 Å². The first-order valence-corrected chi connectivity index (χ1v) is 10.5. The van der Waals surface area contributed by atoms with E-state index in [0.29, 0.717) is 0 Å². The van der Waals surface area contributed by atoms with Crippen molar-refractivity contribution in [1.82, 2.24) is 10.9 Å². The first kappa shape index (κ1) is 18.8. The molecular weight excluding hydrogens is 344 g/mol. The van der Waals surface area contributed by atoms with Gasteiger partial charge in [-0.1, -0.05) is 72.2 Å². The standard InChI is InChI=1S/C25H30N2O/c1-18-9-13-20(14-10-18)25(21-15-11-19(2)12-16-21)17-23(25)24(28)27-26-22-7-5-3-4-6-8-22/h7,9-16,23,26H,3-6,8,17H2,1-2H3,(H,27,28). The highest BCUT2D eigenvalue weighted by Gasteiger charge is 2.60. The molecule has 2 N–H and O–H groups in total. The van der Waals surface area contributed by atoms with Crippen molar-refractivity contribution < 1.29 is 4.79 Å². The minimum Gasteiger partial charge on any atom is -0.303 e. The number of aryl methyl sites for hydroxylation is 2. The van der Waals surface area contributed by atoms with E-state index in [9.17, 15) is 4.79 Å². The Morgan fingerprint density at radius 2 is 1.50 bits per heavy atom. The van der Waals surface area contributed by atoms with Crippen LogP contribution < -0.4 is 10.9 Å². The quantitative estimate of drug-likeness (QED) is 0.717. The summed E-state index contributed by atoms with van der Waals surface area (Å²) < 4.78 is 0. The number of allylic oxidation sites excluding steroid dienone is 2. The third-order valence-electron chi connectivity index (χ3n) is 6.30. The van der Waals surface area contributed by atoms with Crippen LogP contribution in [0.2, 0.25) is 0 Å². The average Bonchev–Trinajstić information content (AvgIpc) is 3.49. The zero-order valence-corrected chi connectivity index (χ0v) is 16.9. The molecule has 3 heteroatoms. The zero-order valence-electron chi connectivity index (χ0n) is 16.9. The van der Waals surface area contributed by atoms with Crippen LogP contribution in [-0.4, -0.2) is 5.91 Å². The van der Waals surface area contributed by atoms with Crippen LogP contribution in [0.3, 0.4) is 0 Å². The smallest absolute Gasteiger partial charge is 0.242 e. The van der Waals surface area contributed by atoms with E-state index in [1.165, 1.54) is 41.5 Å². The van der Waals surface area contributed by atoms with E-state index in [-0.39, 0.29) is 17.2 Å². The molecule has 2 aliphatic rings. The minimum atomic E-state index is -0.217. The Kier molecular flexibility index (Phi) is 5.25. The van der Waals surface area contributed by atoms with Crippen molar-refractivity contribution in [1.29, 1.82) is 0 Å². The molecule has 0 heterocycles. The van der Waals surface area contributed by atoms with Gasteiger partial charge in [-0.2, -0.15) is 0 Å². The number of carbonyl (C=O) groups is 1. The Bertz CT molecular complexity index is 819. The molecule has 1 amide bonds. The summed E-state index contributed by atoms with van der Waals surface area (Å²) >= 11 is 0. The lowest BCUT2D eigenvalue weighted by Crippen LogP contribution is -2.39. The van der Waals surface area contributed by atoms with Crippen LogP contribution in [0.4, 0.5) is 0 Å². The average molecular weight is 375 g/mol. The van der Waals surface area contributed by atoms with E-state index in [1.54, 1.807) is 0 Å². The molecule has 0 aromatic heterocycles. The van der Waals surface area contributed by atoms with E-state index in [2.05, 4.69) is 79.3 Å². The maximum Gasteiger partial charge on any atom is 0.242 e. The third-order valence-corrected chi connectivity index (χ3v) is 6.30. The molecule has 0 radical (unpaired) electrons. The van der Waals surface area contributed by atoms with Gasteiger partial charge in [0, 0.05) is 11.1 Å². The van der Waals surface area contributed by atoms with Gasteiger partial charge in [-0.15, -0.1) is 0 Å². The molecule has 0 spiro atoms. The summed E-state index contributed by atoms with van der Waals surface area (Å²) in [6, 6.07) is 17.3. The largest absolute Gasteiger partial charge is 0.303 e. The molecule has 4 rings (SSSR count). The molecule has 1 unspecified atom stereocenters. The van der Waals surface area contributed by atoms with Crippen molar-refractivity contribution >= 4 is 5.91 Å². The summed E-state index contributed by atoms with van der Waals surface area (Å²) in [5.74, 6) is 0.0445. The Hall–Kier alpha value is -2.55. The summed E-state index contributed by atoms with van der Waals surface area (Å²) in [5.41, 5.74) is 12.1. The minimum absolute atomic E-state index is 0.0446. The van der Waals surface area contributed by atoms with Crippen molar-refractivity contribution in [3.63, 3.8) is 0 Å².